The molecule has 4 heterocycles. The molecule has 0 amide bonds. The molecular formula is C30H27F5N2O5. The first-order valence-corrected chi connectivity index (χ1v) is 13.2. The predicted octanol–water partition coefficient (Wildman–Crippen LogP) is 4.03. The molecule has 222 valence electrons. The van der Waals surface area contributed by atoms with Gasteiger partial charge in [0.2, 0.25) is 5.78 Å². The number of quaternary nitrogens is 1. The van der Waals surface area contributed by atoms with Crippen molar-refractivity contribution in [3.63, 3.8) is 0 Å². The number of piperidine rings is 3. The van der Waals surface area contributed by atoms with Crippen LogP contribution in [0.1, 0.15) is 40.6 Å². The van der Waals surface area contributed by atoms with Crippen molar-refractivity contribution in [1.82, 2.24) is 4.98 Å². The van der Waals surface area contributed by atoms with Gasteiger partial charge in [-0.15, -0.1) is 0 Å². The van der Waals surface area contributed by atoms with E-state index in [9.17, 15) is 31.5 Å². The van der Waals surface area contributed by atoms with Gasteiger partial charge >= 0.3 is 12.1 Å². The number of Topliss-reactive ketones (excluding diaryl/α,β-unsaturated/α-hetero) is 1. The van der Waals surface area contributed by atoms with Gasteiger partial charge in [-0.05, 0) is 53.4 Å². The lowest BCUT2D eigenvalue weighted by molar-refractivity contribution is -0.938. The third kappa shape index (κ3) is 7.55. The van der Waals surface area contributed by atoms with E-state index in [-0.39, 0.29) is 23.6 Å². The van der Waals surface area contributed by atoms with E-state index >= 15 is 0 Å². The van der Waals surface area contributed by atoms with Crippen molar-refractivity contribution in [2.24, 2.45) is 11.8 Å². The predicted molar refractivity (Wildman–Crippen MR) is 136 cm³/mol. The van der Waals surface area contributed by atoms with E-state index in [1.807, 2.05) is 0 Å². The van der Waals surface area contributed by atoms with Crippen molar-refractivity contribution in [3.05, 3.63) is 101 Å². The summed E-state index contributed by atoms with van der Waals surface area (Å²) in [6, 6.07) is 16.9. The number of carbonyl (C=O) groups excluding carboxylic acids is 3. The summed E-state index contributed by atoms with van der Waals surface area (Å²) in [5.41, 5.74) is 1.32. The Kier molecular flexibility index (Phi) is 9.35. The lowest BCUT2D eigenvalue weighted by Crippen LogP contribution is -2.64. The molecule has 1 atom stereocenters. The number of esters is 1. The largest absolute Gasteiger partial charge is 0.542 e. The normalized spacial score (nSPS) is 21.3. The number of halogens is 5. The summed E-state index contributed by atoms with van der Waals surface area (Å²) >= 11 is 0. The van der Waals surface area contributed by atoms with E-state index in [1.54, 1.807) is 48.7 Å². The van der Waals surface area contributed by atoms with E-state index in [1.165, 1.54) is 24.3 Å². The molecule has 0 spiro atoms. The summed E-state index contributed by atoms with van der Waals surface area (Å²) in [5.74, 6) is -4.55. The first kappa shape index (κ1) is 30.8. The first-order valence-electron chi connectivity index (χ1n) is 13.2. The van der Waals surface area contributed by atoms with Crippen LogP contribution in [-0.2, 0) is 14.3 Å². The summed E-state index contributed by atoms with van der Waals surface area (Å²) in [7, 11) is 0. The molecule has 1 unspecified atom stereocenters. The second-order valence-corrected chi connectivity index (χ2v) is 10.4. The summed E-state index contributed by atoms with van der Waals surface area (Å²) in [4.78, 5) is 39.4. The molecule has 3 aromatic rings. The number of pyridine rings is 1. The summed E-state index contributed by atoms with van der Waals surface area (Å²) in [6.45, 7) is 2.49. The highest BCUT2D eigenvalue weighted by molar-refractivity contribution is 5.95. The minimum atomic E-state index is -5.19. The number of nitrogens with zero attached hydrogens (tertiary/aromatic N) is 2. The Morgan fingerprint density at radius 2 is 1.50 bits per heavy atom. The van der Waals surface area contributed by atoms with Gasteiger partial charge in [-0.3, -0.25) is 14.6 Å². The van der Waals surface area contributed by atoms with Crippen LogP contribution >= 0.6 is 0 Å². The lowest BCUT2D eigenvalue weighted by atomic mass is 9.77. The van der Waals surface area contributed by atoms with Gasteiger partial charge in [-0.25, -0.2) is 8.78 Å². The third-order valence-corrected chi connectivity index (χ3v) is 7.60. The molecule has 2 bridgehead atoms. The molecule has 3 saturated heterocycles. The Bertz CT molecular complexity index is 1380. The zero-order valence-electron chi connectivity index (χ0n) is 22.2. The second kappa shape index (κ2) is 12.8. The molecule has 0 saturated carbocycles. The number of alkyl halides is 3. The van der Waals surface area contributed by atoms with Crippen molar-refractivity contribution < 1.29 is 50.7 Å². The fourth-order valence-corrected chi connectivity index (χ4v) is 5.56. The Morgan fingerprint density at radius 3 is 1.98 bits per heavy atom. The van der Waals surface area contributed by atoms with Crippen molar-refractivity contribution in [2.45, 2.75) is 25.1 Å². The quantitative estimate of drug-likeness (QED) is 0.179. The highest BCUT2D eigenvalue weighted by atomic mass is 19.4. The SMILES string of the molecule is O=C(C[N+]12CCC(CC1)C(C(=O)OC(c1cccc(F)c1)c1cccc(F)c1)C2)c1ccccn1.O=C([O-])C(F)(F)F. The van der Waals surface area contributed by atoms with Gasteiger partial charge < -0.3 is 19.1 Å². The number of ketones is 1. The highest BCUT2D eigenvalue weighted by Gasteiger charge is 2.50. The number of aliphatic carboxylic acids is 1. The van der Waals surface area contributed by atoms with E-state index in [4.69, 9.17) is 14.6 Å². The number of aromatic nitrogens is 1. The smallest absolute Gasteiger partial charge is 0.430 e. The maximum absolute atomic E-state index is 14.0. The number of ether oxygens (including phenoxy) is 1. The fourth-order valence-electron chi connectivity index (χ4n) is 5.56. The molecular weight excluding hydrogens is 563 g/mol. The van der Waals surface area contributed by atoms with Crippen LogP contribution in [0.3, 0.4) is 0 Å². The maximum atomic E-state index is 14.0. The number of carboxylic acids is 1. The third-order valence-electron chi connectivity index (χ3n) is 7.60. The van der Waals surface area contributed by atoms with Crippen molar-refractivity contribution in [2.75, 3.05) is 26.2 Å². The van der Waals surface area contributed by atoms with Crippen LogP contribution in [-0.4, -0.2) is 59.5 Å². The van der Waals surface area contributed by atoms with Crippen LogP contribution < -0.4 is 5.11 Å². The number of fused-ring (bicyclic) bond motifs is 3. The van der Waals surface area contributed by atoms with Crippen LogP contribution in [0.2, 0.25) is 0 Å². The van der Waals surface area contributed by atoms with Crippen LogP contribution in [0.5, 0.6) is 0 Å². The number of carbonyl (C=O) groups is 3. The van der Waals surface area contributed by atoms with E-state index in [0.717, 1.165) is 25.9 Å². The van der Waals surface area contributed by atoms with Crippen molar-refractivity contribution in [3.8, 4) is 0 Å². The summed E-state index contributed by atoms with van der Waals surface area (Å²) < 4.78 is 66.1. The van der Waals surface area contributed by atoms with Gasteiger partial charge in [-0.1, -0.05) is 30.3 Å². The van der Waals surface area contributed by atoms with Crippen molar-refractivity contribution in [1.29, 1.82) is 0 Å². The van der Waals surface area contributed by atoms with Gasteiger partial charge in [0, 0.05) is 19.0 Å². The molecule has 3 fully saturated rings. The van der Waals surface area contributed by atoms with E-state index in [0.29, 0.717) is 34.4 Å². The van der Waals surface area contributed by atoms with Gasteiger partial charge in [0.1, 0.15) is 35.8 Å². The molecule has 12 heteroatoms. The first-order chi connectivity index (χ1) is 19.9. The van der Waals surface area contributed by atoms with E-state index in [2.05, 4.69) is 4.98 Å². The molecule has 7 nitrogen and oxygen atoms in total. The fraction of sp³-hybridized carbons (Fsp3) is 0.333. The van der Waals surface area contributed by atoms with Crippen LogP contribution in [0.4, 0.5) is 22.0 Å². The molecule has 3 aliphatic heterocycles. The Hall–Kier alpha value is -4.19. The van der Waals surface area contributed by atoms with E-state index < -0.39 is 29.9 Å². The number of hydrogen-bond donors (Lipinski definition) is 0. The molecule has 2 aromatic carbocycles. The van der Waals surface area contributed by atoms with Gasteiger partial charge in [0.05, 0.1) is 19.6 Å². The van der Waals surface area contributed by atoms with Gasteiger partial charge in [-0.2, -0.15) is 13.2 Å². The molecule has 3 aliphatic rings. The Balaban J connectivity index is 0.000000517. The molecule has 1 aromatic heterocycles. The minimum absolute atomic E-state index is 0.0320. The average Bonchev–Trinajstić information content (AvgIpc) is 2.96. The zero-order chi connectivity index (χ0) is 30.5. The van der Waals surface area contributed by atoms with Crippen LogP contribution in [0, 0.1) is 23.5 Å². The highest BCUT2D eigenvalue weighted by Crippen LogP contribution is 2.40. The monoisotopic (exact) mass is 590 g/mol. The number of benzene rings is 2. The topological polar surface area (TPSA) is 96.4 Å². The molecule has 0 radical (unpaired) electrons. The lowest BCUT2D eigenvalue weighted by Gasteiger charge is -2.51. The summed E-state index contributed by atoms with van der Waals surface area (Å²) in [6.07, 6.45) is -2.85. The number of carboxylic acid groups (broad SMARTS) is 1. The number of hydrogen-bond acceptors (Lipinski definition) is 6. The van der Waals surface area contributed by atoms with Gasteiger partial charge in [0.15, 0.2) is 6.10 Å². The second-order valence-electron chi connectivity index (χ2n) is 10.4. The van der Waals surface area contributed by atoms with Crippen LogP contribution in [0.15, 0.2) is 72.9 Å². The maximum Gasteiger partial charge on any atom is 0.430 e. The zero-order valence-corrected chi connectivity index (χ0v) is 22.2. The molecule has 0 aliphatic carbocycles. The Labute approximate surface area is 238 Å². The molecule has 0 N–H and O–H groups in total. The molecule has 6 rings (SSSR count). The number of rotatable bonds is 7. The summed E-state index contributed by atoms with van der Waals surface area (Å²) in [5, 5.41) is 8.78. The van der Waals surface area contributed by atoms with Crippen molar-refractivity contribution >= 4 is 17.7 Å². The average molecular weight is 591 g/mol. The van der Waals surface area contributed by atoms with Crippen LogP contribution in [0.25, 0.3) is 0 Å². The molecule has 42 heavy (non-hydrogen) atoms. The minimum Gasteiger partial charge on any atom is -0.542 e. The standard InChI is InChI=1S/C28H27F2N2O3.C2HF3O2/c29-22-7-3-5-20(15-22)27(21-6-4-8-23(30)16-21)35-28(34)24-17-32(13-10-19(24)11-14-32)18-26(33)25-9-1-2-12-31-25;3-2(4,5)1(6)7/h1-9,12,15-16,19,24,27H,10-11,13-14,17-18H2;(H,6,7)/q+1;/p-1. The van der Waals surface area contributed by atoms with Gasteiger partial charge in [0.25, 0.3) is 0 Å². The Morgan fingerprint density at radius 1 is 0.929 bits per heavy atom.